The minimum Gasteiger partial charge on any atom is -0.263 e. The Hall–Kier alpha value is -5.60. The fraction of sp³-hybridized carbons (Fsp3) is 0.0244. The lowest BCUT2D eigenvalue weighted by Gasteiger charge is -2.18. The lowest BCUT2D eigenvalue weighted by atomic mass is 9.85. The maximum atomic E-state index is 4.63. The molecule has 0 amide bonds. The van der Waals surface area contributed by atoms with Crippen molar-refractivity contribution in [1.82, 2.24) is 9.97 Å². The molecule has 0 aliphatic heterocycles. The van der Waals surface area contributed by atoms with Crippen molar-refractivity contribution in [3.8, 4) is 44.6 Å². The lowest BCUT2D eigenvalue weighted by Crippen LogP contribution is -1.92. The predicted molar refractivity (Wildman–Crippen MR) is 181 cm³/mol. The Morgan fingerprint density at radius 1 is 0.419 bits per heavy atom. The van der Waals surface area contributed by atoms with Crippen molar-refractivity contribution in [2.24, 2.45) is 0 Å². The molecular formula is C41H28N2. The van der Waals surface area contributed by atoms with Crippen molar-refractivity contribution >= 4 is 32.3 Å². The monoisotopic (exact) mass is 548 g/mol. The van der Waals surface area contributed by atoms with Gasteiger partial charge >= 0.3 is 0 Å². The van der Waals surface area contributed by atoms with Crippen LogP contribution in [0.3, 0.4) is 0 Å². The summed E-state index contributed by atoms with van der Waals surface area (Å²) >= 11 is 0. The van der Waals surface area contributed by atoms with Gasteiger partial charge in [0.2, 0.25) is 0 Å². The van der Waals surface area contributed by atoms with Gasteiger partial charge in [-0.3, -0.25) is 9.97 Å². The van der Waals surface area contributed by atoms with Gasteiger partial charge in [-0.1, -0.05) is 109 Å². The second-order valence-corrected chi connectivity index (χ2v) is 11.1. The molecular weight excluding hydrogens is 520 g/mol. The van der Waals surface area contributed by atoms with E-state index in [9.17, 15) is 0 Å². The molecule has 8 rings (SSSR count). The minimum absolute atomic E-state index is 0.967. The van der Waals surface area contributed by atoms with Crippen LogP contribution >= 0.6 is 0 Å². The third kappa shape index (κ3) is 4.36. The van der Waals surface area contributed by atoms with E-state index < -0.39 is 0 Å². The van der Waals surface area contributed by atoms with Crippen molar-refractivity contribution in [1.29, 1.82) is 0 Å². The van der Waals surface area contributed by atoms with Gasteiger partial charge in [0.25, 0.3) is 0 Å². The molecule has 43 heavy (non-hydrogen) atoms. The molecule has 2 heteroatoms. The Kier molecular flexibility index (Phi) is 6.05. The van der Waals surface area contributed by atoms with Gasteiger partial charge in [0, 0.05) is 29.7 Å². The van der Waals surface area contributed by atoms with Gasteiger partial charge in [0.1, 0.15) is 0 Å². The Morgan fingerprint density at radius 2 is 1.00 bits per heavy atom. The summed E-state index contributed by atoms with van der Waals surface area (Å²) in [7, 11) is 0. The summed E-state index contributed by atoms with van der Waals surface area (Å²) in [6.07, 6.45) is 5.68. The standard InChI is InChI=1S/C41H28N2/c1-27-10-9-21-43-41(27)34-24-33(25-42-26-34)30-13-8-14-31(23-30)39-35-15-4-6-17-37(35)40(38-18-7-5-16-36(38)39)32-20-19-28-11-2-3-12-29(28)22-32/h2-26H,1H3. The first-order valence-corrected chi connectivity index (χ1v) is 14.6. The van der Waals surface area contributed by atoms with Crippen LogP contribution in [0.25, 0.3) is 77.0 Å². The maximum Gasteiger partial charge on any atom is 0.0746 e. The molecule has 2 aromatic heterocycles. The molecule has 2 heterocycles. The van der Waals surface area contributed by atoms with E-state index in [-0.39, 0.29) is 0 Å². The van der Waals surface area contributed by atoms with E-state index in [2.05, 4.69) is 144 Å². The highest BCUT2D eigenvalue weighted by Crippen LogP contribution is 2.44. The van der Waals surface area contributed by atoms with Crippen LogP contribution < -0.4 is 0 Å². The zero-order valence-corrected chi connectivity index (χ0v) is 23.8. The SMILES string of the molecule is Cc1cccnc1-c1cncc(-c2cccc(-c3c4ccccc4c(-c4ccc5ccccc5c4)c4ccccc34)c2)c1. The van der Waals surface area contributed by atoms with E-state index in [1.807, 2.05) is 24.7 Å². The summed E-state index contributed by atoms with van der Waals surface area (Å²) in [6.45, 7) is 2.09. The molecule has 6 aromatic carbocycles. The summed E-state index contributed by atoms with van der Waals surface area (Å²) < 4.78 is 0. The van der Waals surface area contributed by atoms with E-state index in [1.165, 1.54) is 54.6 Å². The molecule has 0 fully saturated rings. The van der Waals surface area contributed by atoms with E-state index >= 15 is 0 Å². The highest BCUT2D eigenvalue weighted by atomic mass is 14.7. The fourth-order valence-electron chi connectivity index (χ4n) is 6.46. The van der Waals surface area contributed by atoms with Gasteiger partial charge in [-0.05, 0) is 96.9 Å². The number of fused-ring (bicyclic) bond motifs is 3. The number of rotatable bonds is 4. The van der Waals surface area contributed by atoms with Gasteiger partial charge in [-0.25, -0.2) is 0 Å². The molecule has 0 saturated heterocycles. The van der Waals surface area contributed by atoms with Crippen LogP contribution in [0.5, 0.6) is 0 Å². The van der Waals surface area contributed by atoms with Crippen molar-refractivity contribution in [2.75, 3.05) is 0 Å². The Balaban J connectivity index is 1.34. The Morgan fingerprint density at radius 3 is 1.70 bits per heavy atom. The normalized spacial score (nSPS) is 11.4. The lowest BCUT2D eigenvalue weighted by molar-refractivity contribution is 1.24. The molecule has 0 aliphatic rings. The van der Waals surface area contributed by atoms with Crippen molar-refractivity contribution in [2.45, 2.75) is 6.92 Å². The third-order valence-corrected chi connectivity index (χ3v) is 8.48. The average Bonchev–Trinajstić information content (AvgIpc) is 3.07. The van der Waals surface area contributed by atoms with E-state index in [1.54, 1.807) is 0 Å². The number of hydrogen-bond acceptors (Lipinski definition) is 2. The molecule has 2 nitrogen and oxygen atoms in total. The highest BCUT2D eigenvalue weighted by molar-refractivity contribution is 6.21. The maximum absolute atomic E-state index is 4.63. The number of hydrogen-bond donors (Lipinski definition) is 0. The van der Waals surface area contributed by atoms with Crippen LogP contribution in [0.15, 0.2) is 152 Å². The topological polar surface area (TPSA) is 25.8 Å². The van der Waals surface area contributed by atoms with Gasteiger partial charge in [0.15, 0.2) is 0 Å². The highest BCUT2D eigenvalue weighted by Gasteiger charge is 2.17. The molecule has 0 saturated carbocycles. The molecule has 0 unspecified atom stereocenters. The van der Waals surface area contributed by atoms with Crippen molar-refractivity contribution in [3.05, 3.63) is 158 Å². The van der Waals surface area contributed by atoms with Crippen molar-refractivity contribution < 1.29 is 0 Å². The molecule has 0 atom stereocenters. The van der Waals surface area contributed by atoms with Gasteiger partial charge < -0.3 is 0 Å². The summed E-state index contributed by atoms with van der Waals surface area (Å²) in [4.78, 5) is 9.23. The largest absolute Gasteiger partial charge is 0.263 e. The molecule has 0 radical (unpaired) electrons. The Labute approximate surface area is 251 Å². The zero-order valence-electron chi connectivity index (χ0n) is 23.8. The van der Waals surface area contributed by atoms with Crippen LogP contribution in [-0.2, 0) is 0 Å². The summed E-state index contributed by atoms with van der Waals surface area (Å²) in [5.41, 5.74) is 10.3. The third-order valence-electron chi connectivity index (χ3n) is 8.48. The van der Waals surface area contributed by atoms with E-state index in [0.717, 1.165) is 27.9 Å². The second-order valence-electron chi connectivity index (χ2n) is 11.1. The first-order valence-electron chi connectivity index (χ1n) is 14.6. The molecule has 8 aromatic rings. The summed E-state index contributed by atoms with van der Waals surface area (Å²) in [5.74, 6) is 0. The second kappa shape index (κ2) is 10.3. The minimum atomic E-state index is 0.967. The van der Waals surface area contributed by atoms with E-state index in [0.29, 0.717) is 0 Å². The molecule has 0 spiro atoms. The zero-order chi connectivity index (χ0) is 28.8. The fourth-order valence-corrected chi connectivity index (χ4v) is 6.46. The van der Waals surface area contributed by atoms with Crippen LogP contribution in [0.1, 0.15) is 5.56 Å². The van der Waals surface area contributed by atoms with Gasteiger partial charge in [-0.2, -0.15) is 0 Å². The predicted octanol–water partition coefficient (Wildman–Crippen LogP) is 10.9. The number of aromatic nitrogens is 2. The molecule has 202 valence electrons. The summed E-state index contributed by atoms with van der Waals surface area (Å²) in [5, 5.41) is 7.51. The number of pyridine rings is 2. The number of aryl methyl sites for hydroxylation is 1. The molecule has 0 aliphatic carbocycles. The van der Waals surface area contributed by atoms with Crippen LogP contribution in [0.4, 0.5) is 0 Å². The van der Waals surface area contributed by atoms with Crippen LogP contribution in [-0.4, -0.2) is 9.97 Å². The first kappa shape index (κ1) is 25.1. The van der Waals surface area contributed by atoms with Gasteiger partial charge in [-0.15, -0.1) is 0 Å². The smallest absolute Gasteiger partial charge is 0.0746 e. The van der Waals surface area contributed by atoms with Crippen LogP contribution in [0, 0.1) is 6.92 Å². The summed E-state index contributed by atoms with van der Waals surface area (Å²) in [6, 6.07) is 48.2. The van der Waals surface area contributed by atoms with Crippen LogP contribution in [0.2, 0.25) is 0 Å². The number of nitrogens with zero attached hydrogens (tertiary/aromatic N) is 2. The van der Waals surface area contributed by atoms with E-state index in [4.69, 9.17) is 0 Å². The number of benzene rings is 6. The average molecular weight is 549 g/mol. The Bertz CT molecular complexity index is 2260. The molecule has 0 bridgehead atoms. The van der Waals surface area contributed by atoms with Gasteiger partial charge in [0.05, 0.1) is 5.69 Å². The molecule has 0 N–H and O–H groups in total. The first-order chi connectivity index (χ1) is 21.2. The van der Waals surface area contributed by atoms with Crippen molar-refractivity contribution in [3.63, 3.8) is 0 Å². The quantitative estimate of drug-likeness (QED) is 0.204.